The van der Waals surface area contributed by atoms with Gasteiger partial charge in [0.05, 0.1) is 6.26 Å². The van der Waals surface area contributed by atoms with Gasteiger partial charge in [0, 0.05) is 13.8 Å². The minimum atomic E-state index is -0.464. The van der Waals surface area contributed by atoms with Crippen molar-refractivity contribution in [3.8, 4) is 0 Å². The standard InChI is InChI=1S/C17H30O5/c1-4-5-6-7-8-9-10-11-12-20-17(13-21-15(2)18)14-22-16(3)19/h11-12,17H,4-10,13-14H2,1-3H3/b12-11+. The number of carbonyl (C=O) groups is 2. The molecule has 0 atom stereocenters. The summed E-state index contributed by atoms with van der Waals surface area (Å²) in [6.07, 6.45) is 11.6. The van der Waals surface area contributed by atoms with Crippen LogP contribution in [0.25, 0.3) is 0 Å². The van der Waals surface area contributed by atoms with Crippen LogP contribution in [0.3, 0.4) is 0 Å². The molecule has 0 saturated heterocycles. The largest absolute Gasteiger partial charge is 0.491 e. The first-order valence-corrected chi connectivity index (χ1v) is 8.13. The van der Waals surface area contributed by atoms with Crippen molar-refractivity contribution in [2.24, 2.45) is 0 Å². The molecule has 128 valence electrons. The lowest BCUT2D eigenvalue weighted by Gasteiger charge is -2.15. The third kappa shape index (κ3) is 14.9. The van der Waals surface area contributed by atoms with Crippen LogP contribution in [0.1, 0.15) is 65.7 Å². The number of allylic oxidation sites excluding steroid dienone is 1. The van der Waals surface area contributed by atoms with Crippen molar-refractivity contribution >= 4 is 11.9 Å². The quantitative estimate of drug-likeness (QED) is 0.294. The minimum absolute atomic E-state index is 0.0734. The molecule has 22 heavy (non-hydrogen) atoms. The summed E-state index contributed by atoms with van der Waals surface area (Å²) in [6.45, 7) is 5.02. The number of rotatable bonds is 13. The van der Waals surface area contributed by atoms with E-state index in [4.69, 9.17) is 14.2 Å². The lowest BCUT2D eigenvalue weighted by atomic mass is 10.1. The Morgan fingerprint density at radius 3 is 2.00 bits per heavy atom. The molecule has 5 nitrogen and oxygen atoms in total. The van der Waals surface area contributed by atoms with Crippen LogP contribution in [0.4, 0.5) is 0 Å². The maximum Gasteiger partial charge on any atom is 0.302 e. The second kappa shape index (κ2) is 14.4. The third-order valence-corrected chi connectivity index (χ3v) is 3.04. The summed E-state index contributed by atoms with van der Waals surface area (Å²) in [5, 5.41) is 0. The van der Waals surface area contributed by atoms with Gasteiger partial charge in [-0.1, -0.05) is 39.0 Å². The van der Waals surface area contributed by atoms with Crippen molar-refractivity contribution in [2.75, 3.05) is 13.2 Å². The number of esters is 2. The van der Waals surface area contributed by atoms with Crippen molar-refractivity contribution in [1.29, 1.82) is 0 Å². The van der Waals surface area contributed by atoms with Crippen molar-refractivity contribution in [3.63, 3.8) is 0 Å². The molecule has 0 rings (SSSR count). The Balaban J connectivity index is 3.81. The molecule has 0 amide bonds. The molecule has 0 aromatic rings. The number of hydrogen-bond acceptors (Lipinski definition) is 5. The Kier molecular flexibility index (Phi) is 13.4. The van der Waals surface area contributed by atoms with Gasteiger partial charge in [0.1, 0.15) is 13.2 Å². The summed E-state index contributed by atoms with van der Waals surface area (Å²) in [5.41, 5.74) is 0. The Morgan fingerprint density at radius 1 is 0.909 bits per heavy atom. The van der Waals surface area contributed by atoms with Gasteiger partial charge < -0.3 is 14.2 Å². The molecular formula is C17H30O5. The van der Waals surface area contributed by atoms with E-state index in [1.807, 2.05) is 6.08 Å². The first kappa shape index (κ1) is 20.5. The zero-order valence-electron chi connectivity index (χ0n) is 14.1. The van der Waals surface area contributed by atoms with Crippen LogP contribution in [-0.4, -0.2) is 31.3 Å². The smallest absolute Gasteiger partial charge is 0.302 e. The number of hydrogen-bond donors (Lipinski definition) is 0. The normalized spacial score (nSPS) is 10.9. The monoisotopic (exact) mass is 314 g/mol. The summed E-state index contributed by atoms with van der Waals surface area (Å²) in [5.74, 6) is -0.764. The predicted molar refractivity (Wildman–Crippen MR) is 85.3 cm³/mol. The van der Waals surface area contributed by atoms with E-state index in [1.54, 1.807) is 6.26 Å². The molecule has 0 unspecified atom stereocenters. The van der Waals surface area contributed by atoms with Gasteiger partial charge in [-0.2, -0.15) is 0 Å². The zero-order chi connectivity index (χ0) is 16.6. The van der Waals surface area contributed by atoms with Crippen molar-refractivity contribution in [1.82, 2.24) is 0 Å². The predicted octanol–water partition coefficient (Wildman–Crippen LogP) is 3.76. The average Bonchev–Trinajstić information content (AvgIpc) is 2.47. The van der Waals surface area contributed by atoms with Crippen LogP contribution in [0.5, 0.6) is 0 Å². The highest BCUT2D eigenvalue weighted by molar-refractivity contribution is 5.66. The highest BCUT2D eigenvalue weighted by Crippen LogP contribution is 2.07. The second-order valence-corrected chi connectivity index (χ2v) is 5.29. The van der Waals surface area contributed by atoms with Crippen molar-refractivity contribution in [2.45, 2.75) is 71.8 Å². The topological polar surface area (TPSA) is 61.8 Å². The molecule has 0 heterocycles. The van der Waals surface area contributed by atoms with Crippen LogP contribution >= 0.6 is 0 Å². The molecule has 0 radical (unpaired) electrons. The Bertz CT molecular complexity index is 307. The van der Waals surface area contributed by atoms with Gasteiger partial charge in [0.15, 0.2) is 6.10 Å². The van der Waals surface area contributed by atoms with Gasteiger partial charge in [0.2, 0.25) is 0 Å². The van der Waals surface area contributed by atoms with Crippen LogP contribution in [0.2, 0.25) is 0 Å². The van der Waals surface area contributed by atoms with E-state index in [-0.39, 0.29) is 25.2 Å². The first-order valence-electron chi connectivity index (χ1n) is 8.13. The summed E-state index contributed by atoms with van der Waals surface area (Å²) in [7, 11) is 0. The maximum atomic E-state index is 10.8. The van der Waals surface area contributed by atoms with Crippen LogP contribution < -0.4 is 0 Å². The van der Waals surface area contributed by atoms with E-state index < -0.39 is 6.10 Å². The highest BCUT2D eigenvalue weighted by atomic mass is 16.6. The molecule has 0 spiro atoms. The number of carbonyl (C=O) groups excluding carboxylic acids is 2. The third-order valence-electron chi connectivity index (χ3n) is 3.04. The van der Waals surface area contributed by atoms with Crippen LogP contribution in [0.15, 0.2) is 12.3 Å². The summed E-state index contributed by atoms with van der Waals surface area (Å²) >= 11 is 0. The zero-order valence-corrected chi connectivity index (χ0v) is 14.1. The van der Waals surface area contributed by atoms with E-state index in [9.17, 15) is 9.59 Å². The molecular weight excluding hydrogens is 284 g/mol. The second-order valence-electron chi connectivity index (χ2n) is 5.29. The SMILES string of the molecule is CCCCCCCC/C=C/OC(COC(C)=O)COC(C)=O. The Hall–Kier alpha value is -1.52. The fourth-order valence-corrected chi connectivity index (χ4v) is 1.82. The van der Waals surface area contributed by atoms with E-state index in [1.165, 1.54) is 46.0 Å². The van der Waals surface area contributed by atoms with Crippen LogP contribution in [0, 0.1) is 0 Å². The van der Waals surface area contributed by atoms with E-state index in [0.717, 1.165) is 12.8 Å². The molecule has 0 N–H and O–H groups in total. The lowest BCUT2D eigenvalue weighted by molar-refractivity contribution is -0.149. The Morgan fingerprint density at radius 2 is 1.45 bits per heavy atom. The lowest BCUT2D eigenvalue weighted by Crippen LogP contribution is -2.26. The van der Waals surface area contributed by atoms with Gasteiger partial charge >= 0.3 is 11.9 Å². The fraction of sp³-hybridized carbons (Fsp3) is 0.765. The summed E-state index contributed by atoms with van der Waals surface area (Å²) in [6, 6.07) is 0. The summed E-state index contributed by atoms with van der Waals surface area (Å²) < 4.78 is 15.2. The van der Waals surface area contributed by atoms with Crippen molar-refractivity contribution in [3.05, 3.63) is 12.3 Å². The van der Waals surface area contributed by atoms with E-state index in [2.05, 4.69) is 6.92 Å². The van der Waals surface area contributed by atoms with Gasteiger partial charge in [-0.25, -0.2) is 0 Å². The van der Waals surface area contributed by atoms with Gasteiger partial charge in [-0.05, 0) is 18.9 Å². The molecule has 0 aliphatic heterocycles. The highest BCUT2D eigenvalue weighted by Gasteiger charge is 2.12. The van der Waals surface area contributed by atoms with Gasteiger partial charge in [-0.3, -0.25) is 9.59 Å². The number of ether oxygens (including phenoxy) is 3. The molecule has 0 aliphatic rings. The van der Waals surface area contributed by atoms with E-state index >= 15 is 0 Å². The molecule has 0 bridgehead atoms. The molecule has 0 aromatic carbocycles. The number of unbranched alkanes of at least 4 members (excludes halogenated alkanes) is 6. The maximum absolute atomic E-state index is 10.8. The van der Waals surface area contributed by atoms with Crippen molar-refractivity contribution < 1.29 is 23.8 Å². The molecule has 5 heteroatoms. The first-order chi connectivity index (χ1) is 10.6. The summed E-state index contributed by atoms with van der Waals surface area (Å²) in [4.78, 5) is 21.6. The molecule has 0 aromatic heterocycles. The molecule has 0 aliphatic carbocycles. The van der Waals surface area contributed by atoms with Gasteiger partial charge in [0.25, 0.3) is 0 Å². The molecule has 0 saturated carbocycles. The minimum Gasteiger partial charge on any atom is -0.491 e. The average molecular weight is 314 g/mol. The molecule has 0 fully saturated rings. The Labute approximate surface area is 134 Å². The fourth-order valence-electron chi connectivity index (χ4n) is 1.82. The van der Waals surface area contributed by atoms with E-state index in [0.29, 0.717) is 0 Å². The van der Waals surface area contributed by atoms with Gasteiger partial charge in [-0.15, -0.1) is 0 Å². The van der Waals surface area contributed by atoms with Crippen LogP contribution in [-0.2, 0) is 23.8 Å².